The molecular weight excluding hydrogens is 550 g/mol. The number of hydrogen-bond donors (Lipinski definition) is 2. The van der Waals surface area contributed by atoms with Crippen molar-refractivity contribution in [3.63, 3.8) is 0 Å². The highest BCUT2D eigenvalue weighted by atomic mass is 35.5. The van der Waals surface area contributed by atoms with Crippen molar-refractivity contribution in [2.45, 2.75) is 26.0 Å². The maximum absolute atomic E-state index is 6.56. The van der Waals surface area contributed by atoms with Crippen molar-refractivity contribution in [3.8, 4) is 16.2 Å². The van der Waals surface area contributed by atoms with Crippen LogP contribution in [0.3, 0.4) is 0 Å². The molecule has 4 heterocycles. The lowest BCUT2D eigenvalue weighted by molar-refractivity contribution is 0.301. The number of fused-ring (bicyclic) bond motifs is 5. The molecule has 5 aromatic rings. The first-order chi connectivity index (χ1) is 19.2. The van der Waals surface area contributed by atoms with E-state index in [1.54, 1.807) is 23.9 Å². The summed E-state index contributed by atoms with van der Waals surface area (Å²) in [6.45, 7) is 3.14. The third-order valence-electron chi connectivity index (χ3n) is 6.58. The summed E-state index contributed by atoms with van der Waals surface area (Å²) in [6.07, 6.45) is 9.49. The number of nitrogens with one attached hydrogen (secondary N) is 2. The topological polar surface area (TPSA) is 89.8 Å². The molecule has 11 heteroatoms. The van der Waals surface area contributed by atoms with Gasteiger partial charge in [-0.15, -0.1) is 11.3 Å². The van der Waals surface area contributed by atoms with Crippen LogP contribution in [0.5, 0.6) is 5.75 Å². The summed E-state index contributed by atoms with van der Waals surface area (Å²) >= 11 is 10.1. The van der Waals surface area contributed by atoms with Crippen LogP contribution in [0.4, 0.5) is 11.5 Å². The number of aromatic nitrogens is 5. The highest BCUT2D eigenvalue weighted by Crippen LogP contribution is 2.45. The van der Waals surface area contributed by atoms with Crippen LogP contribution in [-0.2, 0) is 26.0 Å². The molecule has 1 aromatic carbocycles. The zero-order valence-corrected chi connectivity index (χ0v) is 23.9. The molecule has 0 amide bonds. The molecule has 0 atom stereocenters. The van der Waals surface area contributed by atoms with E-state index >= 15 is 0 Å². The normalized spacial score (nSPS) is 12.4. The van der Waals surface area contributed by atoms with Gasteiger partial charge in [-0.3, -0.25) is 9.67 Å². The number of anilines is 2. The highest BCUT2D eigenvalue weighted by Gasteiger charge is 2.26. The van der Waals surface area contributed by atoms with Crippen molar-refractivity contribution in [1.29, 1.82) is 0 Å². The van der Waals surface area contributed by atoms with Crippen LogP contribution in [0.25, 0.3) is 20.7 Å². The molecule has 1 aliphatic rings. The van der Waals surface area contributed by atoms with Crippen LogP contribution in [0.2, 0.25) is 5.02 Å². The van der Waals surface area contributed by atoms with Gasteiger partial charge in [0, 0.05) is 47.4 Å². The molecule has 0 radical (unpaired) electrons. The SMILES string of the molecule is CSCCNCCn1cc2c(n1)CCc1c-2sc2ncnc(Nc3ccc(OCc4ccccn4)c(Cl)c3)c12. The monoisotopic (exact) mass is 577 g/mol. The van der Waals surface area contributed by atoms with Crippen LogP contribution in [0, 0.1) is 0 Å². The molecule has 0 saturated heterocycles. The van der Waals surface area contributed by atoms with Crippen molar-refractivity contribution in [2.75, 3.05) is 30.4 Å². The Hall–Kier alpha value is -3.18. The van der Waals surface area contributed by atoms with E-state index in [2.05, 4.69) is 42.7 Å². The predicted octanol–water partition coefficient (Wildman–Crippen LogP) is 5.98. The lowest BCUT2D eigenvalue weighted by atomic mass is 9.95. The van der Waals surface area contributed by atoms with Crippen molar-refractivity contribution < 1.29 is 4.74 Å². The number of nitrogens with zero attached hydrogens (tertiary/aromatic N) is 5. The van der Waals surface area contributed by atoms with Crippen molar-refractivity contribution >= 4 is 56.4 Å². The largest absolute Gasteiger partial charge is 0.486 e. The maximum Gasteiger partial charge on any atom is 0.142 e. The number of thiophene rings is 1. The minimum atomic E-state index is 0.355. The van der Waals surface area contributed by atoms with Gasteiger partial charge in [-0.05, 0) is 55.0 Å². The fraction of sp³-hybridized carbons (Fsp3) is 0.286. The summed E-state index contributed by atoms with van der Waals surface area (Å²) in [5.74, 6) is 2.51. The van der Waals surface area contributed by atoms with Gasteiger partial charge in [-0.25, -0.2) is 9.97 Å². The number of halogens is 1. The van der Waals surface area contributed by atoms with Gasteiger partial charge >= 0.3 is 0 Å². The van der Waals surface area contributed by atoms with E-state index in [4.69, 9.17) is 21.4 Å². The second-order valence-electron chi connectivity index (χ2n) is 9.19. The number of aryl methyl sites for hydroxylation is 2. The number of benzene rings is 1. The number of hydrogen-bond acceptors (Lipinski definition) is 9. The molecule has 0 saturated carbocycles. The van der Waals surface area contributed by atoms with E-state index in [0.29, 0.717) is 17.4 Å². The van der Waals surface area contributed by atoms with E-state index in [-0.39, 0.29) is 0 Å². The number of ether oxygens (including phenoxy) is 1. The van der Waals surface area contributed by atoms with Crippen LogP contribution in [0.1, 0.15) is 17.0 Å². The van der Waals surface area contributed by atoms with Gasteiger partial charge in [0.1, 0.15) is 29.3 Å². The summed E-state index contributed by atoms with van der Waals surface area (Å²) in [7, 11) is 0. The average Bonchev–Trinajstić information content (AvgIpc) is 3.55. The van der Waals surface area contributed by atoms with Gasteiger partial charge in [0.2, 0.25) is 0 Å². The van der Waals surface area contributed by atoms with Crippen LogP contribution in [0.15, 0.2) is 55.1 Å². The van der Waals surface area contributed by atoms with Crippen LogP contribution < -0.4 is 15.4 Å². The van der Waals surface area contributed by atoms with E-state index in [1.165, 1.54) is 16.0 Å². The summed E-state index contributed by atoms with van der Waals surface area (Å²) in [6, 6.07) is 11.4. The molecule has 0 bridgehead atoms. The van der Waals surface area contributed by atoms with Gasteiger partial charge < -0.3 is 15.4 Å². The quantitative estimate of drug-likeness (QED) is 0.185. The fourth-order valence-electron chi connectivity index (χ4n) is 4.70. The number of rotatable bonds is 11. The second-order valence-corrected chi connectivity index (χ2v) is 11.6. The van der Waals surface area contributed by atoms with Gasteiger partial charge in [-0.2, -0.15) is 16.9 Å². The predicted molar refractivity (Wildman–Crippen MR) is 161 cm³/mol. The fourth-order valence-corrected chi connectivity index (χ4v) is 6.50. The minimum absolute atomic E-state index is 0.355. The molecule has 0 aliphatic heterocycles. The standard InChI is InChI=1S/C28H28ClN7OS2/c1-38-13-11-30-10-12-36-15-21-23(35-36)7-6-20-25-27(32-17-33-28(25)39-26(20)21)34-18-5-8-24(22(29)14-18)37-16-19-4-2-3-9-31-19/h2-5,8-9,14-15,17,30H,6-7,10-13,16H2,1H3,(H,32,33,34). The lowest BCUT2D eigenvalue weighted by Gasteiger charge is -2.13. The van der Waals surface area contributed by atoms with E-state index in [0.717, 1.165) is 71.3 Å². The third-order valence-corrected chi connectivity index (χ3v) is 8.66. The summed E-state index contributed by atoms with van der Waals surface area (Å²) in [5.41, 5.74) is 5.34. The third kappa shape index (κ3) is 5.74. The molecule has 2 N–H and O–H groups in total. The zero-order valence-electron chi connectivity index (χ0n) is 21.5. The lowest BCUT2D eigenvalue weighted by Crippen LogP contribution is -2.22. The Morgan fingerprint density at radius 3 is 2.92 bits per heavy atom. The Bertz CT molecular complexity index is 1590. The summed E-state index contributed by atoms with van der Waals surface area (Å²) in [4.78, 5) is 15.7. The molecule has 6 rings (SSSR count). The molecule has 200 valence electrons. The Balaban J connectivity index is 1.21. The molecule has 8 nitrogen and oxygen atoms in total. The molecule has 0 fully saturated rings. The van der Waals surface area contributed by atoms with Gasteiger partial charge in [0.05, 0.1) is 28.3 Å². The number of thioether (sulfide) groups is 1. The smallest absolute Gasteiger partial charge is 0.142 e. The summed E-state index contributed by atoms with van der Waals surface area (Å²) in [5, 5.41) is 13.4. The first-order valence-electron chi connectivity index (χ1n) is 12.8. The van der Waals surface area contributed by atoms with Crippen molar-refractivity contribution in [1.82, 2.24) is 30.0 Å². The summed E-state index contributed by atoms with van der Waals surface area (Å²) < 4.78 is 7.95. The van der Waals surface area contributed by atoms with E-state index < -0.39 is 0 Å². The Morgan fingerprint density at radius 2 is 2.08 bits per heavy atom. The number of pyridine rings is 1. The van der Waals surface area contributed by atoms with Crippen molar-refractivity contribution in [3.05, 3.63) is 77.1 Å². The minimum Gasteiger partial charge on any atom is -0.486 e. The highest BCUT2D eigenvalue weighted by molar-refractivity contribution is 7.98. The Labute approximate surface area is 240 Å². The molecule has 0 spiro atoms. The average molecular weight is 578 g/mol. The van der Waals surface area contributed by atoms with Crippen LogP contribution >= 0.6 is 34.7 Å². The van der Waals surface area contributed by atoms with Gasteiger partial charge in [0.25, 0.3) is 0 Å². The molecule has 4 aromatic heterocycles. The maximum atomic E-state index is 6.56. The Kier molecular flexibility index (Phi) is 7.96. The van der Waals surface area contributed by atoms with Crippen LogP contribution in [-0.4, -0.2) is 49.8 Å². The van der Waals surface area contributed by atoms with E-state index in [1.807, 2.05) is 48.2 Å². The molecule has 0 unspecified atom stereocenters. The molecule has 39 heavy (non-hydrogen) atoms. The molecular formula is C28H28ClN7OS2. The first-order valence-corrected chi connectivity index (χ1v) is 15.4. The Morgan fingerprint density at radius 1 is 1.13 bits per heavy atom. The molecule has 1 aliphatic carbocycles. The van der Waals surface area contributed by atoms with Gasteiger partial charge in [0.15, 0.2) is 0 Å². The van der Waals surface area contributed by atoms with E-state index in [9.17, 15) is 0 Å². The zero-order chi connectivity index (χ0) is 26.6. The van der Waals surface area contributed by atoms with Crippen molar-refractivity contribution in [2.24, 2.45) is 0 Å². The van der Waals surface area contributed by atoms with Gasteiger partial charge in [-0.1, -0.05) is 17.7 Å². The second kappa shape index (κ2) is 11.9. The first kappa shape index (κ1) is 26.1.